The van der Waals surface area contributed by atoms with Crippen LogP contribution in [0, 0.1) is 0 Å². The number of allylic oxidation sites excluding steroid dienone is 1. The number of hydrogen-bond acceptors (Lipinski definition) is 1. The number of phenols is 1. The van der Waals surface area contributed by atoms with E-state index >= 15 is 0 Å². The Labute approximate surface area is 79.7 Å². The van der Waals surface area contributed by atoms with Gasteiger partial charge in [-0.1, -0.05) is 26.0 Å². The minimum atomic E-state index is 0.350. The Morgan fingerprint density at radius 3 is 2.62 bits per heavy atom. The van der Waals surface area contributed by atoms with Crippen LogP contribution >= 0.6 is 0 Å². The largest absolute Gasteiger partial charge is 0.508 e. The Bertz CT molecular complexity index is 300. The van der Waals surface area contributed by atoms with E-state index in [-0.39, 0.29) is 0 Å². The van der Waals surface area contributed by atoms with Gasteiger partial charge in [-0.15, -0.1) is 6.58 Å². The molecule has 1 heteroatoms. The highest BCUT2D eigenvalue weighted by molar-refractivity contribution is 5.35. The number of phenolic OH excluding ortho intramolecular Hbond substituents is 1. The van der Waals surface area contributed by atoms with Crippen molar-refractivity contribution in [3.05, 3.63) is 42.0 Å². The Morgan fingerprint density at radius 1 is 1.38 bits per heavy atom. The lowest BCUT2D eigenvalue weighted by Crippen LogP contribution is -1.90. The second-order valence-electron chi connectivity index (χ2n) is 3.58. The first-order valence-electron chi connectivity index (χ1n) is 4.57. The third-order valence-electron chi connectivity index (χ3n) is 2.05. The van der Waals surface area contributed by atoms with Crippen molar-refractivity contribution in [1.29, 1.82) is 0 Å². The van der Waals surface area contributed by atoms with Gasteiger partial charge in [0.05, 0.1) is 0 Å². The fourth-order valence-electron chi connectivity index (χ4n) is 1.32. The molecule has 0 aromatic heterocycles. The molecule has 0 spiro atoms. The molecule has 0 bridgehead atoms. The highest BCUT2D eigenvalue weighted by Crippen LogP contribution is 2.22. The topological polar surface area (TPSA) is 20.2 Å². The molecule has 13 heavy (non-hydrogen) atoms. The lowest BCUT2D eigenvalue weighted by molar-refractivity contribution is 0.473. The van der Waals surface area contributed by atoms with Crippen molar-refractivity contribution in [3.8, 4) is 5.75 Å². The molecule has 1 N–H and O–H groups in total. The van der Waals surface area contributed by atoms with Crippen molar-refractivity contribution < 1.29 is 5.11 Å². The van der Waals surface area contributed by atoms with Gasteiger partial charge in [0.15, 0.2) is 0 Å². The molecule has 70 valence electrons. The Morgan fingerprint density at radius 2 is 2.08 bits per heavy atom. The zero-order valence-electron chi connectivity index (χ0n) is 8.25. The summed E-state index contributed by atoms with van der Waals surface area (Å²) >= 11 is 0. The number of benzene rings is 1. The maximum Gasteiger partial charge on any atom is 0.116 e. The van der Waals surface area contributed by atoms with E-state index in [0.29, 0.717) is 11.7 Å². The normalized spacial score (nSPS) is 10.4. The minimum Gasteiger partial charge on any atom is -0.508 e. The molecule has 0 amide bonds. The molecule has 1 rings (SSSR count). The average Bonchev–Trinajstić information content (AvgIpc) is 2.03. The van der Waals surface area contributed by atoms with Crippen molar-refractivity contribution in [2.45, 2.75) is 26.2 Å². The van der Waals surface area contributed by atoms with Crippen LogP contribution in [0.4, 0.5) is 0 Å². The molecule has 0 aliphatic rings. The third kappa shape index (κ3) is 2.62. The van der Waals surface area contributed by atoms with E-state index in [9.17, 15) is 5.11 Å². The summed E-state index contributed by atoms with van der Waals surface area (Å²) in [5.41, 5.74) is 2.30. The third-order valence-corrected chi connectivity index (χ3v) is 2.05. The second kappa shape index (κ2) is 4.13. The molecule has 0 aliphatic carbocycles. The zero-order valence-corrected chi connectivity index (χ0v) is 8.25. The smallest absolute Gasteiger partial charge is 0.116 e. The molecule has 0 radical (unpaired) electrons. The van der Waals surface area contributed by atoms with Gasteiger partial charge >= 0.3 is 0 Å². The molecule has 0 aliphatic heterocycles. The van der Waals surface area contributed by atoms with Gasteiger partial charge in [0.2, 0.25) is 0 Å². The van der Waals surface area contributed by atoms with Gasteiger partial charge in [0.1, 0.15) is 5.75 Å². The fraction of sp³-hybridized carbons (Fsp3) is 0.333. The van der Waals surface area contributed by atoms with Crippen LogP contribution in [-0.4, -0.2) is 5.11 Å². The summed E-state index contributed by atoms with van der Waals surface area (Å²) in [6.45, 7) is 7.91. The maximum absolute atomic E-state index is 9.44. The second-order valence-corrected chi connectivity index (χ2v) is 3.58. The van der Waals surface area contributed by atoms with Crippen LogP contribution in [0.5, 0.6) is 5.75 Å². The fourth-order valence-corrected chi connectivity index (χ4v) is 1.32. The average molecular weight is 176 g/mol. The molecule has 0 saturated heterocycles. The quantitative estimate of drug-likeness (QED) is 0.701. The lowest BCUT2D eigenvalue weighted by atomic mass is 9.99. The summed E-state index contributed by atoms with van der Waals surface area (Å²) in [4.78, 5) is 0. The van der Waals surface area contributed by atoms with Gasteiger partial charge in [-0.3, -0.25) is 0 Å². The van der Waals surface area contributed by atoms with Crippen LogP contribution in [0.25, 0.3) is 0 Å². The molecule has 1 aromatic carbocycles. The molecule has 0 atom stereocenters. The van der Waals surface area contributed by atoms with E-state index in [1.54, 1.807) is 6.07 Å². The first-order chi connectivity index (χ1) is 6.13. The van der Waals surface area contributed by atoms with Crippen molar-refractivity contribution in [1.82, 2.24) is 0 Å². The highest BCUT2D eigenvalue weighted by Gasteiger charge is 2.02. The number of rotatable bonds is 3. The summed E-state index contributed by atoms with van der Waals surface area (Å²) in [6.07, 6.45) is 2.66. The number of hydrogen-bond donors (Lipinski definition) is 1. The Balaban J connectivity index is 3.03. The van der Waals surface area contributed by atoms with E-state index in [0.717, 1.165) is 12.0 Å². The van der Waals surface area contributed by atoms with Crippen molar-refractivity contribution in [3.63, 3.8) is 0 Å². The van der Waals surface area contributed by atoms with Gasteiger partial charge in [-0.2, -0.15) is 0 Å². The van der Waals surface area contributed by atoms with Gasteiger partial charge in [-0.25, -0.2) is 0 Å². The van der Waals surface area contributed by atoms with Crippen molar-refractivity contribution in [2.75, 3.05) is 0 Å². The van der Waals surface area contributed by atoms with E-state index in [4.69, 9.17) is 0 Å². The summed E-state index contributed by atoms with van der Waals surface area (Å²) < 4.78 is 0. The molecule has 0 saturated carbocycles. The molecular formula is C12H16O. The predicted molar refractivity (Wildman–Crippen MR) is 56.1 cm³/mol. The molecule has 0 fully saturated rings. The van der Waals surface area contributed by atoms with Gasteiger partial charge < -0.3 is 5.11 Å². The van der Waals surface area contributed by atoms with Crippen LogP contribution in [0.1, 0.15) is 30.9 Å². The lowest BCUT2D eigenvalue weighted by Gasteiger charge is -2.08. The first-order valence-corrected chi connectivity index (χ1v) is 4.57. The summed E-state index contributed by atoms with van der Waals surface area (Å²) in [7, 11) is 0. The molecule has 0 heterocycles. The van der Waals surface area contributed by atoms with E-state index < -0.39 is 0 Å². The Kier molecular flexibility index (Phi) is 3.13. The molecular weight excluding hydrogens is 160 g/mol. The van der Waals surface area contributed by atoms with E-state index in [1.165, 1.54) is 5.56 Å². The standard InChI is InChI=1S/C12H16O/c1-4-5-10-6-11(9(2)3)8-12(13)7-10/h4,6-9,13H,1,5H2,2-3H3. The molecule has 0 unspecified atom stereocenters. The van der Waals surface area contributed by atoms with Crippen LogP contribution in [0.2, 0.25) is 0 Å². The van der Waals surface area contributed by atoms with Gasteiger partial charge in [0.25, 0.3) is 0 Å². The van der Waals surface area contributed by atoms with Crippen LogP contribution in [-0.2, 0) is 6.42 Å². The highest BCUT2D eigenvalue weighted by atomic mass is 16.3. The SMILES string of the molecule is C=CCc1cc(O)cc(C(C)C)c1. The number of aromatic hydroxyl groups is 1. The van der Waals surface area contributed by atoms with Crippen LogP contribution in [0.15, 0.2) is 30.9 Å². The Hall–Kier alpha value is -1.24. The first kappa shape index (κ1) is 9.85. The monoisotopic (exact) mass is 176 g/mol. The van der Waals surface area contributed by atoms with Gasteiger partial charge in [-0.05, 0) is 35.6 Å². The van der Waals surface area contributed by atoms with Crippen LogP contribution in [0.3, 0.4) is 0 Å². The minimum absolute atomic E-state index is 0.350. The molecule has 1 aromatic rings. The van der Waals surface area contributed by atoms with Crippen LogP contribution < -0.4 is 0 Å². The molecule has 1 nitrogen and oxygen atoms in total. The summed E-state index contributed by atoms with van der Waals surface area (Å²) in [5, 5.41) is 9.44. The van der Waals surface area contributed by atoms with E-state index in [1.807, 2.05) is 12.1 Å². The van der Waals surface area contributed by atoms with Crippen molar-refractivity contribution in [2.24, 2.45) is 0 Å². The predicted octanol–water partition coefficient (Wildman–Crippen LogP) is 3.24. The maximum atomic E-state index is 9.44. The summed E-state index contributed by atoms with van der Waals surface area (Å²) in [5.74, 6) is 0.804. The zero-order chi connectivity index (χ0) is 9.84. The summed E-state index contributed by atoms with van der Waals surface area (Å²) in [6, 6.07) is 5.72. The van der Waals surface area contributed by atoms with Crippen molar-refractivity contribution >= 4 is 0 Å². The van der Waals surface area contributed by atoms with Gasteiger partial charge in [0, 0.05) is 0 Å². The van der Waals surface area contributed by atoms with E-state index in [2.05, 4.69) is 26.5 Å².